The molecule has 0 unspecified atom stereocenters. The lowest BCUT2D eigenvalue weighted by atomic mass is 10.1. The maximum atomic E-state index is 11.8. The molecule has 0 radical (unpaired) electrons. The van der Waals surface area contributed by atoms with Crippen molar-refractivity contribution in [2.24, 2.45) is 0 Å². The summed E-state index contributed by atoms with van der Waals surface area (Å²) in [7, 11) is 0. The minimum absolute atomic E-state index is 0.176. The number of amides is 1. The Bertz CT molecular complexity index is 1080. The minimum Gasteiger partial charge on any atom is -0.366 e. The maximum Gasteiger partial charge on any atom is 0.251 e. The van der Waals surface area contributed by atoms with Crippen LogP contribution in [-0.2, 0) is 17.9 Å². The number of aryl methyl sites for hydroxylation is 1. The summed E-state index contributed by atoms with van der Waals surface area (Å²) in [6.45, 7) is 3.93. The monoisotopic (exact) mass is 389 g/mol. The molecule has 0 aliphatic carbocycles. The van der Waals surface area contributed by atoms with Crippen molar-refractivity contribution in [1.29, 1.82) is 0 Å². The molecule has 2 N–H and O–H groups in total. The number of rotatable bonds is 6. The fourth-order valence-electron chi connectivity index (χ4n) is 3.48. The Kier molecular flexibility index (Phi) is 5.37. The predicted molar refractivity (Wildman–Crippen MR) is 111 cm³/mol. The van der Waals surface area contributed by atoms with Gasteiger partial charge in [0.2, 0.25) is 5.91 Å². The first kappa shape index (κ1) is 18.9. The van der Waals surface area contributed by atoms with Gasteiger partial charge in [0.25, 0.3) is 5.56 Å². The van der Waals surface area contributed by atoms with Crippen molar-refractivity contribution in [2.45, 2.75) is 32.9 Å². The number of pyridine rings is 1. The Morgan fingerprint density at radius 1 is 1.14 bits per heavy atom. The van der Waals surface area contributed by atoms with Crippen molar-refractivity contribution >= 4 is 11.7 Å². The van der Waals surface area contributed by atoms with Crippen LogP contribution in [0.3, 0.4) is 0 Å². The first-order chi connectivity index (χ1) is 14.1. The second-order valence-electron chi connectivity index (χ2n) is 7.26. The lowest BCUT2D eigenvalue weighted by Gasteiger charge is -2.16. The molecular weight excluding hydrogens is 366 g/mol. The Morgan fingerprint density at radius 2 is 2.00 bits per heavy atom. The molecule has 1 fully saturated rings. The molecule has 7 heteroatoms. The SMILES string of the molecule is Cc1cc(=O)[nH]c(-c2ccc(NCc3cccc(CN4CCCC4=O)c3)nc2)n1. The van der Waals surface area contributed by atoms with Gasteiger partial charge < -0.3 is 15.2 Å². The zero-order valence-corrected chi connectivity index (χ0v) is 16.3. The number of likely N-dealkylation sites (tertiary alicyclic amines) is 1. The van der Waals surface area contributed by atoms with Gasteiger partial charge in [0, 0.05) is 49.6 Å². The topological polar surface area (TPSA) is 91.0 Å². The van der Waals surface area contributed by atoms with Crippen LogP contribution in [0.5, 0.6) is 0 Å². The highest BCUT2D eigenvalue weighted by Crippen LogP contribution is 2.17. The van der Waals surface area contributed by atoms with Gasteiger partial charge in [-0.3, -0.25) is 9.59 Å². The fraction of sp³-hybridized carbons (Fsp3) is 0.273. The van der Waals surface area contributed by atoms with Crippen LogP contribution in [0.4, 0.5) is 5.82 Å². The maximum absolute atomic E-state index is 11.8. The number of nitrogens with zero attached hydrogens (tertiary/aromatic N) is 3. The average Bonchev–Trinajstić information content (AvgIpc) is 3.11. The van der Waals surface area contributed by atoms with Gasteiger partial charge in [-0.25, -0.2) is 9.97 Å². The van der Waals surface area contributed by atoms with Gasteiger partial charge in [0.05, 0.1) is 0 Å². The van der Waals surface area contributed by atoms with Crippen LogP contribution in [0.1, 0.15) is 29.7 Å². The van der Waals surface area contributed by atoms with Crippen LogP contribution < -0.4 is 10.9 Å². The first-order valence-electron chi connectivity index (χ1n) is 9.71. The number of nitrogens with one attached hydrogen (secondary N) is 2. The van der Waals surface area contributed by atoms with Gasteiger partial charge >= 0.3 is 0 Å². The molecule has 4 rings (SSSR count). The highest BCUT2D eigenvalue weighted by Gasteiger charge is 2.19. The third-order valence-electron chi connectivity index (χ3n) is 4.92. The Morgan fingerprint density at radius 3 is 2.72 bits per heavy atom. The van der Waals surface area contributed by atoms with E-state index < -0.39 is 0 Å². The van der Waals surface area contributed by atoms with E-state index in [9.17, 15) is 9.59 Å². The van der Waals surface area contributed by atoms with Crippen molar-refractivity contribution in [2.75, 3.05) is 11.9 Å². The molecule has 7 nitrogen and oxygen atoms in total. The summed E-state index contributed by atoms with van der Waals surface area (Å²) in [4.78, 5) is 36.8. The van der Waals surface area contributed by atoms with Gasteiger partial charge in [-0.2, -0.15) is 0 Å². The van der Waals surface area contributed by atoms with E-state index in [-0.39, 0.29) is 11.5 Å². The molecule has 1 aliphatic rings. The Balaban J connectivity index is 1.39. The number of carbonyl (C=O) groups is 1. The summed E-state index contributed by atoms with van der Waals surface area (Å²) in [5, 5.41) is 3.31. The lowest BCUT2D eigenvalue weighted by molar-refractivity contribution is -0.128. The van der Waals surface area contributed by atoms with E-state index in [0.29, 0.717) is 31.0 Å². The Labute approximate surface area is 168 Å². The van der Waals surface area contributed by atoms with Gasteiger partial charge in [0.15, 0.2) is 0 Å². The van der Waals surface area contributed by atoms with Crippen molar-refractivity contribution < 1.29 is 4.79 Å². The minimum atomic E-state index is -0.176. The number of aromatic amines is 1. The molecular formula is C22H23N5O2. The van der Waals surface area contributed by atoms with Crippen LogP contribution in [0.25, 0.3) is 11.4 Å². The number of aromatic nitrogens is 3. The van der Waals surface area contributed by atoms with E-state index in [0.717, 1.165) is 35.5 Å². The summed E-state index contributed by atoms with van der Waals surface area (Å²) in [6.07, 6.45) is 3.30. The fourth-order valence-corrected chi connectivity index (χ4v) is 3.48. The summed E-state index contributed by atoms with van der Waals surface area (Å²) >= 11 is 0. The highest BCUT2D eigenvalue weighted by atomic mass is 16.2. The molecule has 1 aromatic carbocycles. The number of benzene rings is 1. The Hall–Kier alpha value is -3.48. The van der Waals surface area contributed by atoms with Gasteiger partial charge in [-0.05, 0) is 36.6 Å². The van der Waals surface area contributed by atoms with Crippen LogP contribution in [0, 0.1) is 6.92 Å². The van der Waals surface area contributed by atoms with Crippen molar-refractivity contribution in [1.82, 2.24) is 19.9 Å². The van der Waals surface area contributed by atoms with Crippen LogP contribution in [-0.4, -0.2) is 32.3 Å². The molecule has 2 aromatic heterocycles. The summed E-state index contributed by atoms with van der Waals surface area (Å²) in [5.41, 5.74) is 3.52. The van der Waals surface area contributed by atoms with E-state index in [2.05, 4.69) is 38.5 Å². The number of anilines is 1. The quantitative estimate of drug-likeness (QED) is 0.676. The zero-order chi connectivity index (χ0) is 20.2. The van der Waals surface area contributed by atoms with E-state index in [1.165, 1.54) is 6.07 Å². The van der Waals surface area contributed by atoms with E-state index in [4.69, 9.17) is 0 Å². The molecule has 1 saturated heterocycles. The number of H-pyrrole nitrogens is 1. The predicted octanol–water partition coefficient (Wildman–Crippen LogP) is 2.87. The van der Waals surface area contributed by atoms with Gasteiger partial charge in [-0.1, -0.05) is 24.3 Å². The number of carbonyl (C=O) groups excluding carboxylic acids is 1. The molecule has 1 aliphatic heterocycles. The van der Waals surface area contributed by atoms with Crippen LogP contribution in [0.15, 0.2) is 53.5 Å². The molecule has 3 aromatic rings. The molecule has 0 saturated carbocycles. The molecule has 0 bridgehead atoms. The number of hydrogen-bond acceptors (Lipinski definition) is 5. The molecule has 0 atom stereocenters. The molecule has 3 heterocycles. The zero-order valence-electron chi connectivity index (χ0n) is 16.3. The third kappa shape index (κ3) is 4.68. The third-order valence-corrected chi connectivity index (χ3v) is 4.92. The molecule has 1 amide bonds. The molecule has 148 valence electrons. The van der Waals surface area contributed by atoms with Gasteiger partial charge in [-0.15, -0.1) is 0 Å². The highest BCUT2D eigenvalue weighted by molar-refractivity contribution is 5.78. The second-order valence-corrected chi connectivity index (χ2v) is 7.26. The average molecular weight is 389 g/mol. The van der Waals surface area contributed by atoms with Crippen LogP contribution >= 0.6 is 0 Å². The van der Waals surface area contributed by atoms with Crippen molar-refractivity contribution in [3.05, 3.63) is 75.8 Å². The largest absolute Gasteiger partial charge is 0.366 e. The first-order valence-corrected chi connectivity index (χ1v) is 9.71. The second kappa shape index (κ2) is 8.26. The normalized spacial score (nSPS) is 13.7. The molecule has 0 spiro atoms. The lowest BCUT2D eigenvalue weighted by Crippen LogP contribution is -2.23. The van der Waals surface area contributed by atoms with Crippen molar-refractivity contribution in [3.8, 4) is 11.4 Å². The van der Waals surface area contributed by atoms with Gasteiger partial charge in [0.1, 0.15) is 11.6 Å². The molecule has 29 heavy (non-hydrogen) atoms. The van der Waals surface area contributed by atoms with Crippen molar-refractivity contribution in [3.63, 3.8) is 0 Å². The van der Waals surface area contributed by atoms with Crippen LogP contribution in [0.2, 0.25) is 0 Å². The summed E-state index contributed by atoms with van der Waals surface area (Å²) < 4.78 is 0. The summed E-state index contributed by atoms with van der Waals surface area (Å²) in [5.74, 6) is 1.49. The smallest absolute Gasteiger partial charge is 0.251 e. The standard InChI is InChI=1S/C22H23N5O2/c1-15-10-20(28)26-22(25-15)18-7-8-19(24-13-18)23-12-16-4-2-5-17(11-16)14-27-9-3-6-21(27)29/h2,4-5,7-8,10-11,13H,3,6,9,12,14H2,1H3,(H,23,24)(H,25,26,28). The van der Waals surface area contributed by atoms with E-state index in [1.807, 2.05) is 23.1 Å². The van der Waals surface area contributed by atoms with E-state index in [1.54, 1.807) is 13.1 Å². The summed E-state index contributed by atoms with van der Waals surface area (Å²) in [6, 6.07) is 13.4. The number of hydrogen-bond donors (Lipinski definition) is 2. The van der Waals surface area contributed by atoms with E-state index >= 15 is 0 Å².